The van der Waals surface area contributed by atoms with E-state index in [1.165, 1.54) is 0 Å². The van der Waals surface area contributed by atoms with E-state index in [9.17, 15) is 9.90 Å². The van der Waals surface area contributed by atoms with E-state index < -0.39 is 11.7 Å². The third-order valence-corrected chi connectivity index (χ3v) is 4.40. The number of hydrogen-bond acceptors (Lipinski definition) is 6. The molecule has 1 amide bonds. The molecule has 2 aliphatic rings. The first-order chi connectivity index (χ1) is 12.5. The highest BCUT2D eigenvalue weighted by atomic mass is 16.7. The lowest BCUT2D eigenvalue weighted by Gasteiger charge is -2.28. The molecule has 0 bridgehead atoms. The first kappa shape index (κ1) is 16.5. The predicted molar refractivity (Wildman–Crippen MR) is 91.5 cm³/mol. The van der Waals surface area contributed by atoms with Crippen molar-refractivity contribution in [2.45, 2.75) is 18.6 Å². The van der Waals surface area contributed by atoms with Crippen LogP contribution in [0.2, 0.25) is 0 Å². The molecule has 0 aromatic heterocycles. The zero-order valence-corrected chi connectivity index (χ0v) is 14.2. The van der Waals surface area contributed by atoms with Gasteiger partial charge in [0.2, 0.25) is 12.9 Å². The number of hydrogen-bond donors (Lipinski definition) is 2. The van der Waals surface area contributed by atoms with Gasteiger partial charge in [0, 0.05) is 0 Å². The largest absolute Gasteiger partial charge is 0.485 e. The van der Waals surface area contributed by atoms with Gasteiger partial charge in [-0.05, 0) is 36.8 Å². The van der Waals surface area contributed by atoms with Crippen molar-refractivity contribution in [3.8, 4) is 23.0 Å². The van der Waals surface area contributed by atoms with Crippen molar-refractivity contribution in [3.63, 3.8) is 0 Å². The van der Waals surface area contributed by atoms with Gasteiger partial charge in [-0.25, -0.2) is 0 Å². The molecular weight excluding hydrogens is 338 g/mol. The molecule has 2 heterocycles. The smallest absolute Gasteiger partial charge is 0.264 e. The zero-order chi connectivity index (χ0) is 18.1. The van der Waals surface area contributed by atoms with E-state index in [1.54, 1.807) is 37.3 Å². The Balaban J connectivity index is 1.39. The summed E-state index contributed by atoms with van der Waals surface area (Å²) in [4.78, 5) is 12.4. The SMILES string of the molecule is CC(O)(CNC(=O)C1COc2ccccc2O1)c1ccc2c(c1)OCO2. The summed E-state index contributed by atoms with van der Waals surface area (Å²) in [5.41, 5.74) is -0.655. The average Bonchev–Trinajstić information content (AvgIpc) is 3.13. The normalized spacial score (nSPS) is 19.5. The molecule has 2 aliphatic heterocycles. The molecule has 2 aromatic rings. The van der Waals surface area contributed by atoms with Gasteiger partial charge in [-0.2, -0.15) is 0 Å². The lowest BCUT2D eigenvalue weighted by Crippen LogP contribution is -2.48. The molecule has 2 atom stereocenters. The van der Waals surface area contributed by atoms with Crippen molar-refractivity contribution in [1.29, 1.82) is 0 Å². The maximum Gasteiger partial charge on any atom is 0.264 e. The van der Waals surface area contributed by atoms with E-state index in [2.05, 4.69) is 5.32 Å². The van der Waals surface area contributed by atoms with Gasteiger partial charge in [-0.3, -0.25) is 4.79 Å². The minimum absolute atomic E-state index is 0.0208. The summed E-state index contributed by atoms with van der Waals surface area (Å²) in [6.07, 6.45) is -0.766. The van der Waals surface area contributed by atoms with Crippen LogP contribution in [0.15, 0.2) is 42.5 Å². The molecule has 2 aromatic carbocycles. The van der Waals surface area contributed by atoms with E-state index in [1.807, 2.05) is 12.1 Å². The summed E-state index contributed by atoms with van der Waals surface area (Å²) in [6, 6.07) is 12.4. The summed E-state index contributed by atoms with van der Waals surface area (Å²) >= 11 is 0. The fourth-order valence-corrected chi connectivity index (χ4v) is 2.86. The van der Waals surface area contributed by atoms with Crippen LogP contribution in [-0.4, -0.2) is 37.1 Å². The summed E-state index contributed by atoms with van der Waals surface area (Å²) in [5.74, 6) is 2.01. The Hall–Kier alpha value is -2.93. The summed E-state index contributed by atoms with van der Waals surface area (Å²) < 4.78 is 21.8. The first-order valence-corrected chi connectivity index (χ1v) is 8.32. The summed E-state index contributed by atoms with van der Waals surface area (Å²) in [7, 11) is 0. The number of fused-ring (bicyclic) bond motifs is 2. The maximum atomic E-state index is 12.4. The molecule has 26 heavy (non-hydrogen) atoms. The number of carbonyl (C=O) groups excluding carboxylic acids is 1. The third kappa shape index (κ3) is 3.13. The molecule has 0 fully saturated rings. The molecule has 2 N–H and O–H groups in total. The fraction of sp³-hybridized carbons (Fsp3) is 0.316. The second kappa shape index (κ2) is 6.42. The van der Waals surface area contributed by atoms with E-state index >= 15 is 0 Å². The lowest BCUT2D eigenvalue weighted by molar-refractivity contribution is -0.131. The van der Waals surface area contributed by atoms with Crippen LogP contribution in [-0.2, 0) is 10.4 Å². The Kier molecular flexibility index (Phi) is 4.08. The van der Waals surface area contributed by atoms with Gasteiger partial charge in [-0.15, -0.1) is 0 Å². The molecule has 0 saturated heterocycles. The van der Waals surface area contributed by atoms with Gasteiger partial charge in [0.05, 0.1) is 6.54 Å². The van der Waals surface area contributed by atoms with Crippen molar-refractivity contribution in [2.24, 2.45) is 0 Å². The number of aliphatic hydroxyl groups is 1. The zero-order valence-electron chi connectivity index (χ0n) is 14.2. The molecule has 0 spiro atoms. The molecule has 4 rings (SSSR count). The highest BCUT2D eigenvalue weighted by Crippen LogP contribution is 2.35. The number of ether oxygens (including phenoxy) is 4. The second-order valence-corrected chi connectivity index (χ2v) is 6.42. The van der Waals surface area contributed by atoms with E-state index in [0.29, 0.717) is 28.6 Å². The Morgan fingerprint density at radius 2 is 1.85 bits per heavy atom. The summed E-state index contributed by atoms with van der Waals surface area (Å²) in [6.45, 7) is 1.93. The monoisotopic (exact) mass is 357 g/mol. The van der Waals surface area contributed by atoms with Crippen LogP contribution >= 0.6 is 0 Å². The molecule has 0 radical (unpaired) electrons. The molecule has 136 valence electrons. The summed E-state index contributed by atoms with van der Waals surface area (Å²) in [5, 5.41) is 13.5. The number of benzene rings is 2. The van der Waals surface area contributed by atoms with Gasteiger partial charge < -0.3 is 29.4 Å². The Morgan fingerprint density at radius 3 is 2.69 bits per heavy atom. The number of carbonyl (C=O) groups is 1. The predicted octanol–water partition coefficient (Wildman–Crippen LogP) is 1.58. The van der Waals surface area contributed by atoms with Crippen molar-refractivity contribution in [1.82, 2.24) is 5.32 Å². The van der Waals surface area contributed by atoms with Gasteiger partial charge in [0.1, 0.15) is 12.2 Å². The molecule has 2 unspecified atom stereocenters. The molecule has 7 heteroatoms. The number of rotatable bonds is 4. The van der Waals surface area contributed by atoms with Crippen LogP contribution in [0.3, 0.4) is 0 Å². The van der Waals surface area contributed by atoms with Gasteiger partial charge in [0.25, 0.3) is 5.91 Å². The number of nitrogens with one attached hydrogen (secondary N) is 1. The molecular formula is C19H19NO6. The quantitative estimate of drug-likeness (QED) is 0.864. The molecule has 0 saturated carbocycles. The third-order valence-electron chi connectivity index (χ3n) is 4.40. The van der Waals surface area contributed by atoms with Crippen LogP contribution < -0.4 is 24.3 Å². The topological polar surface area (TPSA) is 86.3 Å². The lowest BCUT2D eigenvalue weighted by atomic mass is 9.95. The van der Waals surface area contributed by atoms with Crippen LogP contribution in [0.1, 0.15) is 12.5 Å². The Morgan fingerprint density at radius 1 is 1.12 bits per heavy atom. The number of para-hydroxylation sites is 2. The second-order valence-electron chi connectivity index (χ2n) is 6.42. The van der Waals surface area contributed by atoms with Gasteiger partial charge in [0.15, 0.2) is 23.0 Å². The fourth-order valence-electron chi connectivity index (χ4n) is 2.86. The minimum atomic E-state index is -1.27. The van der Waals surface area contributed by atoms with E-state index in [-0.39, 0.29) is 25.9 Å². The highest BCUT2D eigenvalue weighted by Gasteiger charge is 2.31. The average molecular weight is 357 g/mol. The van der Waals surface area contributed by atoms with Crippen LogP contribution in [0.25, 0.3) is 0 Å². The number of amides is 1. The minimum Gasteiger partial charge on any atom is -0.485 e. The Bertz CT molecular complexity index is 835. The highest BCUT2D eigenvalue weighted by molar-refractivity contribution is 5.81. The molecule has 7 nitrogen and oxygen atoms in total. The van der Waals surface area contributed by atoms with Crippen LogP contribution in [0.4, 0.5) is 0 Å². The maximum absolute atomic E-state index is 12.4. The van der Waals surface area contributed by atoms with Crippen LogP contribution in [0.5, 0.6) is 23.0 Å². The van der Waals surface area contributed by atoms with Crippen LogP contribution in [0, 0.1) is 0 Å². The van der Waals surface area contributed by atoms with E-state index in [0.717, 1.165) is 0 Å². The van der Waals surface area contributed by atoms with Gasteiger partial charge in [-0.1, -0.05) is 18.2 Å². The van der Waals surface area contributed by atoms with Gasteiger partial charge >= 0.3 is 0 Å². The van der Waals surface area contributed by atoms with Crippen molar-refractivity contribution >= 4 is 5.91 Å². The van der Waals surface area contributed by atoms with E-state index in [4.69, 9.17) is 18.9 Å². The Labute approximate surface area is 150 Å². The standard InChI is InChI=1S/C19H19NO6/c1-19(22,12-6-7-14-16(8-12)25-11-24-14)10-20-18(21)17-9-23-13-4-2-3-5-15(13)26-17/h2-8,17,22H,9-11H2,1H3,(H,20,21). The molecule has 0 aliphatic carbocycles. The van der Waals surface area contributed by atoms with Crippen molar-refractivity contribution in [3.05, 3.63) is 48.0 Å². The first-order valence-electron chi connectivity index (χ1n) is 8.32. The van der Waals surface area contributed by atoms with Crippen molar-refractivity contribution in [2.75, 3.05) is 19.9 Å². The van der Waals surface area contributed by atoms with Crippen molar-refractivity contribution < 1.29 is 28.8 Å².